The van der Waals surface area contributed by atoms with Crippen molar-refractivity contribution in [2.45, 2.75) is 57.3 Å². The fourth-order valence-electron chi connectivity index (χ4n) is 4.55. The van der Waals surface area contributed by atoms with E-state index in [1.165, 1.54) is 31.7 Å². The lowest BCUT2D eigenvalue weighted by atomic mass is 9.95. The number of rotatable bonds is 5. The molecule has 2 fully saturated rings. The van der Waals surface area contributed by atoms with Gasteiger partial charge in [0.25, 0.3) is 5.56 Å². The van der Waals surface area contributed by atoms with E-state index in [2.05, 4.69) is 9.97 Å². The maximum absolute atomic E-state index is 12.7. The number of H-pyrrole nitrogens is 1. The summed E-state index contributed by atoms with van der Waals surface area (Å²) in [5, 5.41) is 0. The second-order valence-electron chi connectivity index (χ2n) is 8.12. The Kier molecular flexibility index (Phi) is 5.84. The highest BCUT2D eigenvalue weighted by atomic mass is 16.2. The quantitative estimate of drug-likeness (QED) is 0.861. The molecule has 1 aliphatic heterocycles. The van der Waals surface area contributed by atoms with E-state index in [1.807, 2.05) is 17.0 Å². The summed E-state index contributed by atoms with van der Waals surface area (Å²) in [5.41, 5.74) is 1.38. The van der Waals surface area contributed by atoms with Gasteiger partial charge in [0.2, 0.25) is 5.91 Å². The zero-order chi connectivity index (χ0) is 19.3. The van der Waals surface area contributed by atoms with Crippen molar-refractivity contribution in [1.29, 1.82) is 0 Å². The van der Waals surface area contributed by atoms with Crippen LogP contribution in [0.15, 0.2) is 35.4 Å². The first-order chi connectivity index (χ1) is 13.7. The predicted molar refractivity (Wildman–Crippen MR) is 108 cm³/mol. The van der Waals surface area contributed by atoms with Gasteiger partial charge in [0.1, 0.15) is 5.82 Å². The average molecular weight is 380 g/mol. The Bertz CT molecular complexity index is 858. The molecule has 0 radical (unpaired) electrons. The molecule has 1 atom stereocenters. The molecule has 1 saturated heterocycles. The second-order valence-corrected chi connectivity index (χ2v) is 8.12. The number of amides is 1. The summed E-state index contributed by atoms with van der Waals surface area (Å²) >= 11 is 0. The van der Waals surface area contributed by atoms with Gasteiger partial charge in [0.05, 0.1) is 5.69 Å². The van der Waals surface area contributed by atoms with Crippen LogP contribution >= 0.6 is 0 Å². The van der Waals surface area contributed by atoms with Crippen LogP contribution in [0.1, 0.15) is 63.1 Å². The molecule has 0 bridgehead atoms. The SMILES string of the molecule is O=C(CCC1CCCC1)N1CCC[C@H](c2nc(-c3ccncc3)cc(=O)[nH]2)C1. The monoisotopic (exact) mass is 380 g/mol. The molecule has 1 amide bonds. The van der Waals surface area contributed by atoms with Gasteiger partial charge < -0.3 is 9.88 Å². The Morgan fingerprint density at radius 1 is 1.14 bits per heavy atom. The highest BCUT2D eigenvalue weighted by Crippen LogP contribution is 2.30. The standard InChI is InChI=1S/C22H28N4O2/c27-20-14-19(17-9-11-23-12-10-17)24-22(25-20)18-6-3-13-26(15-18)21(28)8-7-16-4-1-2-5-16/h9-12,14,16,18H,1-8,13,15H2,(H,24,25,27)/t18-/m0/s1. The molecule has 3 heterocycles. The molecular formula is C22H28N4O2. The van der Waals surface area contributed by atoms with E-state index in [0.717, 1.165) is 37.3 Å². The van der Waals surface area contributed by atoms with Crippen LogP contribution in [0.4, 0.5) is 0 Å². The first-order valence-corrected chi connectivity index (χ1v) is 10.5. The van der Waals surface area contributed by atoms with Crippen LogP contribution in [0.5, 0.6) is 0 Å². The number of aromatic amines is 1. The van der Waals surface area contributed by atoms with Crippen molar-refractivity contribution in [2.75, 3.05) is 13.1 Å². The lowest BCUT2D eigenvalue weighted by Gasteiger charge is -2.32. The van der Waals surface area contributed by atoms with Gasteiger partial charge in [-0.25, -0.2) is 4.98 Å². The van der Waals surface area contributed by atoms with Gasteiger partial charge in [-0.15, -0.1) is 0 Å². The van der Waals surface area contributed by atoms with E-state index in [9.17, 15) is 9.59 Å². The van der Waals surface area contributed by atoms with Crippen LogP contribution in [0.3, 0.4) is 0 Å². The highest BCUT2D eigenvalue weighted by molar-refractivity contribution is 5.76. The van der Waals surface area contributed by atoms with Crippen LogP contribution < -0.4 is 5.56 Å². The van der Waals surface area contributed by atoms with Crippen molar-refractivity contribution in [1.82, 2.24) is 19.9 Å². The smallest absolute Gasteiger partial charge is 0.251 e. The summed E-state index contributed by atoms with van der Waals surface area (Å²) < 4.78 is 0. The highest BCUT2D eigenvalue weighted by Gasteiger charge is 2.27. The van der Waals surface area contributed by atoms with Crippen LogP contribution in [-0.4, -0.2) is 38.8 Å². The van der Waals surface area contributed by atoms with Gasteiger partial charge in [0.15, 0.2) is 0 Å². The van der Waals surface area contributed by atoms with E-state index in [-0.39, 0.29) is 17.4 Å². The van der Waals surface area contributed by atoms with Crippen molar-refractivity contribution in [3.63, 3.8) is 0 Å². The average Bonchev–Trinajstić information content (AvgIpc) is 3.26. The molecule has 0 spiro atoms. The molecule has 6 nitrogen and oxygen atoms in total. The third-order valence-corrected chi connectivity index (χ3v) is 6.14. The predicted octanol–water partition coefficient (Wildman–Crippen LogP) is 3.51. The maximum Gasteiger partial charge on any atom is 0.251 e. The molecule has 0 unspecified atom stereocenters. The van der Waals surface area contributed by atoms with E-state index >= 15 is 0 Å². The minimum absolute atomic E-state index is 0.0821. The number of aromatic nitrogens is 3. The van der Waals surface area contributed by atoms with Crippen LogP contribution in [-0.2, 0) is 4.79 Å². The zero-order valence-corrected chi connectivity index (χ0v) is 16.3. The molecule has 1 saturated carbocycles. The molecular weight excluding hydrogens is 352 g/mol. The van der Waals surface area contributed by atoms with E-state index in [4.69, 9.17) is 4.98 Å². The third-order valence-electron chi connectivity index (χ3n) is 6.14. The lowest BCUT2D eigenvalue weighted by molar-refractivity contribution is -0.132. The fourth-order valence-corrected chi connectivity index (χ4v) is 4.55. The number of carbonyl (C=O) groups excluding carboxylic acids is 1. The molecule has 2 aromatic rings. The molecule has 2 aromatic heterocycles. The first-order valence-electron chi connectivity index (χ1n) is 10.5. The van der Waals surface area contributed by atoms with Gasteiger partial charge >= 0.3 is 0 Å². The topological polar surface area (TPSA) is 79.0 Å². The summed E-state index contributed by atoms with van der Waals surface area (Å²) in [6.07, 6.45) is 12.1. The van der Waals surface area contributed by atoms with Crippen molar-refractivity contribution >= 4 is 5.91 Å². The van der Waals surface area contributed by atoms with Crippen LogP contribution in [0.2, 0.25) is 0 Å². The van der Waals surface area contributed by atoms with Crippen molar-refractivity contribution in [2.24, 2.45) is 5.92 Å². The summed E-state index contributed by atoms with van der Waals surface area (Å²) in [7, 11) is 0. The third kappa shape index (κ3) is 4.49. The number of nitrogens with one attached hydrogen (secondary N) is 1. The molecule has 4 rings (SSSR count). The first kappa shape index (κ1) is 18.8. The summed E-state index contributed by atoms with van der Waals surface area (Å²) in [6, 6.07) is 5.22. The largest absolute Gasteiger partial charge is 0.342 e. The lowest BCUT2D eigenvalue weighted by Crippen LogP contribution is -2.40. The van der Waals surface area contributed by atoms with Crippen LogP contribution in [0, 0.1) is 5.92 Å². The van der Waals surface area contributed by atoms with Gasteiger partial charge in [-0.3, -0.25) is 14.6 Å². The molecule has 6 heteroatoms. The zero-order valence-electron chi connectivity index (χ0n) is 16.3. The maximum atomic E-state index is 12.7. The molecule has 0 aromatic carbocycles. The van der Waals surface area contributed by atoms with Gasteiger partial charge in [-0.2, -0.15) is 0 Å². The Morgan fingerprint density at radius 3 is 2.71 bits per heavy atom. The molecule has 28 heavy (non-hydrogen) atoms. The molecule has 148 valence electrons. The van der Waals surface area contributed by atoms with E-state index in [1.54, 1.807) is 12.4 Å². The summed E-state index contributed by atoms with van der Waals surface area (Å²) in [5.74, 6) is 1.76. The Hall–Kier alpha value is -2.50. The Labute approximate surface area is 165 Å². The number of likely N-dealkylation sites (tertiary alicyclic amines) is 1. The number of pyridine rings is 1. The second kappa shape index (κ2) is 8.67. The van der Waals surface area contributed by atoms with Crippen molar-refractivity contribution < 1.29 is 4.79 Å². The normalized spacial score (nSPS) is 20.4. The number of carbonyl (C=O) groups is 1. The number of hydrogen-bond donors (Lipinski definition) is 1. The Balaban J connectivity index is 1.44. The summed E-state index contributed by atoms with van der Waals surface area (Å²) in [4.78, 5) is 38.5. The van der Waals surface area contributed by atoms with Crippen LogP contribution in [0.25, 0.3) is 11.3 Å². The van der Waals surface area contributed by atoms with Crippen molar-refractivity contribution in [3.05, 3.63) is 46.8 Å². The molecule has 1 aliphatic carbocycles. The van der Waals surface area contributed by atoms with Gasteiger partial charge in [0, 0.05) is 49.5 Å². The number of hydrogen-bond acceptors (Lipinski definition) is 4. The minimum atomic E-state index is -0.151. The van der Waals surface area contributed by atoms with Crippen molar-refractivity contribution in [3.8, 4) is 11.3 Å². The minimum Gasteiger partial charge on any atom is -0.342 e. The fraction of sp³-hybridized carbons (Fsp3) is 0.545. The summed E-state index contributed by atoms with van der Waals surface area (Å²) in [6.45, 7) is 1.46. The Morgan fingerprint density at radius 2 is 1.93 bits per heavy atom. The van der Waals surface area contributed by atoms with E-state index < -0.39 is 0 Å². The molecule has 2 aliphatic rings. The van der Waals surface area contributed by atoms with Gasteiger partial charge in [-0.05, 0) is 37.3 Å². The van der Waals surface area contributed by atoms with Gasteiger partial charge in [-0.1, -0.05) is 25.7 Å². The number of piperidine rings is 1. The molecule has 1 N–H and O–H groups in total. The van der Waals surface area contributed by atoms with E-state index in [0.29, 0.717) is 24.5 Å². The number of nitrogens with zero attached hydrogens (tertiary/aromatic N) is 3.